The van der Waals surface area contributed by atoms with Crippen LogP contribution in [0.1, 0.15) is 38.2 Å². The van der Waals surface area contributed by atoms with E-state index < -0.39 is 0 Å². The smallest absolute Gasteiger partial charge is 0.129 e. The van der Waals surface area contributed by atoms with E-state index in [1.807, 2.05) is 24.3 Å². The van der Waals surface area contributed by atoms with Gasteiger partial charge in [0.05, 0.1) is 5.56 Å². The van der Waals surface area contributed by atoms with Crippen molar-refractivity contribution in [3.63, 3.8) is 0 Å². The predicted octanol–water partition coefficient (Wildman–Crippen LogP) is 2.96. The number of nitrogens with two attached hydrogens (primary N) is 1. The van der Waals surface area contributed by atoms with Crippen molar-refractivity contribution in [3.05, 3.63) is 29.8 Å². The van der Waals surface area contributed by atoms with Gasteiger partial charge in [-0.2, -0.15) is 0 Å². The standard InChI is InChI=1S/C16H24N2OS/c1-2-18(13-7-3-4-8-13)11-12-19-15-10-6-5-9-14(15)16(17)20/h5-6,9-10,13H,2-4,7-8,11-12H2,1H3,(H2,17,20). The Hall–Kier alpha value is -1.13. The van der Waals surface area contributed by atoms with E-state index in [1.54, 1.807) is 0 Å². The van der Waals surface area contributed by atoms with Crippen LogP contribution in [-0.4, -0.2) is 35.6 Å². The van der Waals surface area contributed by atoms with E-state index in [9.17, 15) is 0 Å². The van der Waals surface area contributed by atoms with Gasteiger partial charge < -0.3 is 10.5 Å². The molecule has 1 aromatic carbocycles. The quantitative estimate of drug-likeness (QED) is 0.784. The summed E-state index contributed by atoms with van der Waals surface area (Å²) < 4.78 is 5.88. The summed E-state index contributed by atoms with van der Waals surface area (Å²) in [5.41, 5.74) is 6.54. The van der Waals surface area contributed by atoms with E-state index in [1.165, 1.54) is 25.7 Å². The molecule has 0 aliphatic heterocycles. The van der Waals surface area contributed by atoms with Crippen molar-refractivity contribution >= 4 is 17.2 Å². The van der Waals surface area contributed by atoms with Gasteiger partial charge in [-0.3, -0.25) is 4.90 Å². The van der Waals surface area contributed by atoms with Gasteiger partial charge in [0.25, 0.3) is 0 Å². The normalized spacial score (nSPS) is 15.7. The second-order valence-corrected chi connectivity index (χ2v) is 5.72. The van der Waals surface area contributed by atoms with E-state index in [-0.39, 0.29) is 0 Å². The number of thiocarbonyl (C=S) groups is 1. The largest absolute Gasteiger partial charge is 0.492 e. The summed E-state index contributed by atoms with van der Waals surface area (Å²) in [5.74, 6) is 0.794. The van der Waals surface area contributed by atoms with Crippen LogP contribution in [0, 0.1) is 0 Å². The summed E-state index contributed by atoms with van der Waals surface area (Å²) in [4.78, 5) is 2.92. The Balaban J connectivity index is 1.87. The molecular weight excluding hydrogens is 268 g/mol. The van der Waals surface area contributed by atoms with Crippen LogP contribution in [-0.2, 0) is 0 Å². The number of hydrogen-bond acceptors (Lipinski definition) is 3. The molecule has 1 fully saturated rings. The van der Waals surface area contributed by atoms with Crippen LogP contribution in [0.15, 0.2) is 24.3 Å². The Bertz CT molecular complexity index is 444. The van der Waals surface area contributed by atoms with Gasteiger partial charge in [-0.05, 0) is 31.5 Å². The first-order valence-electron chi connectivity index (χ1n) is 7.48. The van der Waals surface area contributed by atoms with Crippen LogP contribution in [0.5, 0.6) is 5.75 Å². The van der Waals surface area contributed by atoms with Crippen LogP contribution in [0.3, 0.4) is 0 Å². The predicted molar refractivity (Wildman–Crippen MR) is 87.3 cm³/mol. The molecule has 0 atom stereocenters. The molecule has 4 heteroatoms. The van der Waals surface area contributed by atoms with Crippen molar-refractivity contribution in [1.29, 1.82) is 0 Å². The molecule has 0 amide bonds. The van der Waals surface area contributed by atoms with E-state index >= 15 is 0 Å². The van der Waals surface area contributed by atoms with Gasteiger partial charge in [0, 0.05) is 12.6 Å². The molecule has 0 bridgehead atoms. The van der Waals surface area contributed by atoms with Crippen LogP contribution < -0.4 is 10.5 Å². The van der Waals surface area contributed by atoms with Crippen molar-refractivity contribution in [2.24, 2.45) is 5.73 Å². The lowest BCUT2D eigenvalue weighted by atomic mass is 10.2. The molecule has 20 heavy (non-hydrogen) atoms. The van der Waals surface area contributed by atoms with Gasteiger partial charge in [0.1, 0.15) is 17.3 Å². The average Bonchev–Trinajstić information content (AvgIpc) is 2.98. The molecule has 2 rings (SSSR count). The van der Waals surface area contributed by atoms with Crippen molar-refractivity contribution in [2.75, 3.05) is 19.7 Å². The highest BCUT2D eigenvalue weighted by molar-refractivity contribution is 7.80. The van der Waals surface area contributed by atoms with Gasteiger partial charge in [-0.15, -0.1) is 0 Å². The molecule has 0 saturated heterocycles. The zero-order valence-electron chi connectivity index (χ0n) is 12.2. The molecular formula is C16H24N2OS. The average molecular weight is 292 g/mol. The molecule has 110 valence electrons. The summed E-state index contributed by atoms with van der Waals surface area (Å²) in [6, 6.07) is 8.46. The third-order valence-corrected chi connectivity index (χ3v) is 4.26. The van der Waals surface area contributed by atoms with Crippen molar-refractivity contribution in [1.82, 2.24) is 4.90 Å². The zero-order valence-corrected chi connectivity index (χ0v) is 13.0. The Morgan fingerprint density at radius 3 is 2.70 bits per heavy atom. The molecule has 1 aromatic rings. The molecule has 1 aliphatic rings. The second-order valence-electron chi connectivity index (χ2n) is 5.28. The fourth-order valence-electron chi connectivity index (χ4n) is 2.94. The lowest BCUT2D eigenvalue weighted by molar-refractivity contribution is 0.167. The highest BCUT2D eigenvalue weighted by atomic mass is 32.1. The van der Waals surface area contributed by atoms with Crippen molar-refractivity contribution in [2.45, 2.75) is 38.6 Å². The highest BCUT2D eigenvalue weighted by Gasteiger charge is 2.21. The van der Waals surface area contributed by atoms with E-state index in [0.29, 0.717) is 11.6 Å². The van der Waals surface area contributed by atoms with Crippen LogP contribution in [0.2, 0.25) is 0 Å². The van der Waals surface area contributed by atoms with Crippen LogP contribution in [0.4, 0.5) is 0 Å². The Morgan fingerprint density at radius 2 is 2.05 bits per heavy atom. The van der Waals surface area contributed by atoms with E-state index in [4.69, 9.17) is 22.7 Å². The maximum absolute atomic E-state index is 5.88. The van der Waals surface area contributed by atoms with Gasteiger partial charge in [-0.25, -0.2) is 0 Å². The Labute approximate surface area is 127 Å². The lowest BCUT2D eigenvalue weighted by Gasteiger charge is -2.27. The van der Waals surface area contributed by atoms with E-state index in [2.05, 4.69) is 11.8 Å². The number of benzene rings is 1. The van der Waals surface area contributed by atoms with Gasteiger partial charge in [0.15, 0.2) is 0 Å². The summed E-state index contributed by atoms with van der Waals surface area (Å²) in [6.45, 7) is 4.96. The Morgan fingerprint density at radius 1 is 1.35 bits per heavy atom. The maximum atomic E-state index is 5.88. The van der Waals surface area contributed by atoms with Crippen molar-refractivity contribution in [3.8, 4) is 5.75 Å². The third kappa shape index (κ3) is 3.93. The second kappa shape index (κ2) is 7.60. The number of hydrogen-bond donors (Lipinski definition) is 1. The first-order chi connectivity index (χ1) is 9.72. The molecule has 0 spiro atoms. The SMILES string of the molecule is CCN(CCOc1ccccc1C(N)=S)C1CCCC1. The minimum Gasteiger partial charge on any atom is -0.492 e. The van der Waals surface area contributed by atoms with E-state index in [0.717, 1.165) is 30.4 Å². The molecule has 2 N–H and O–H groups in total. The fourth-order valence-corrected chi connectivity index (χ4v) is 3.11. The van der Waals surface area contributed by atoms with Crippen LogP contribution >= 0.6 is 12.2 Å². The summed E-state index contributed by atoms with van der Waals surface area (Å²) in [6.07, 6.45) is 5.40. The van der Waals surface area contributed by atoms with Gasteiger partial charge >= 0.3 is 0 Å². The molecule has 0 unspecified atom stereocenters. The number of ether oxygens (including phenoxy) is 1. The monoisotopic (exact) mass is 292 g/mol. The summed E-state index contributed by atoms with van der Waals surface area (Å²) in [7, 11) is 0. The van der Waals surface area contributed by atoms with Crippen LogP contribution in [0.25, 0.3) is 0 Å². The molecule has 0 aromatic heterocycles. The lowest BCUT2D eigenvalue weighted by Crippen LogP contribution is -2.36. The first kappa shape index (κ1) is 15.3. The minimum atomic E-state index is 0.392. The molecule has 0 heterocycles. The fraction of sp³-hybridized carbons (Fsp3) is 0.562. The number of likely N-dealkylation sites (N-methyl/N-ethyl adjacent to an activating group) is 1. The summed E-state index contributed by atoms with van der Waals surface area (Å²) >= 11 is 5.05. The minimum absolute atomic E-state index is 0.392. The molecule has 1 aliphatic carbocycles. The summed E-state index contributed by atoms with van der Waals surface area (Å²) in [5, 5.41) is 0. The number of para-hydroxylation sites is 1. The molecule has 1 saturated carbocycles. The van der Waals surface area contributed by atoms with Gasteiger partial charge in [0.2, 0.25) is 0 Å². The number of rotatable bonds is 7. The highest BCUT2D eigenvalue weighted by Crippen LogP contribution is 2.23. The number of nitrogens with zero attached hydrogens (tertiary/aromatic N) is 1. The Kier molecular flexibility index (Phi) is 5.80. The van der Waals surface area contributed by atoms with Crippen molar-refractivity contribution < 1.29 is 4.74 Å². The molecule has 3 nitrogen and oxygen atoms in total. The zero-order chi connectivity index (χ0) is 14.4. The topological polar surface area (TPSA) is 38.5 Å². The maximum Gasteiger partial charge on any atom is 0.129 e. The first-order valence-corrected chi connectivity index (χ1v) is 7.89. The molecule has 0 radical (unpaired) electrons. The third-order valence-electron chi connectivity index (χ3n) is 4.04. The van der Waals surface area contributed by atoms with Gasteiger partial charge in [-0.1, -0.05) is 44.1 Å².